The maximum absolute atomic E-state index is 13.1. The van der Waals surface area contributed by atoms with Crippen LogP contribution in [0.2, 0.25) is 0 Å². The summed E-state index contributed by atoms with van der Waals surface area (Å²) in [6.07, 6.45) is 0. The molecule has 3 rings (SSSR count). The van der Waals surface area contributed by atoms with Crippen molar-refractivity contribution in [2.45, 2.75) is 13.8 Å². The van der Waals surface area contributed by atoms with Gasteiger partial charge >= 0.3 is 11.8 Å². The van der Waals surface area contributed by atoms with Crippen LogP contribution in [-0.4, -0.2) is 56.0 Å². The smallest absolute Gasteiger partial charge is 0.313 e. The highest BCUT2D eigenvalue weighted by molar-refractivity contribution is 6.39. The number of halogens is 1. The van der Waals surface area contributed by atoms with Gasteiger partial charge in [-0.25, -0.2) is 4.39 Å². The zero-order chi connectivity index (χ0) is 20.8. The molecule has 0 atom stereocenters. The summed E-state index contributed by atoms with van der Waals surface area (Å²) in [6, 6.07) is 13.8. The van der Waals surface area contributed by atoms with Gasteiger partial charge in [0.05, 0.1) is 0 Å². The number of nitrogens with zero attached hydrogens (tertiary/aromatic N) is 3. The number of carbonyl (C=O) groups is 2. The van der Waals surface area contributed by atoms with Crippen molar-refractivity contribution in [2.75, 3.05) is 54.4 Å². The Labute approximate surface area is 170 Å². The van der Waals surface area contributed by atoms with Crippen molar-refractivity contribution in [3.05, 3.63) is 54.3 Å². The lowest BCUT2D eigenvalue weighted by Gasteiger charge is -2.35. The molecule has 1 aliphatic heterocycles. The standard InChI is InChI=1S/C22H27FN4O2/c1-3-25(4-2)19-11-7-18(8-12-19)24-21(28)22(29)27-15-13-26(14-16-27)20-9-5-17(23)6-10-20/h5-12H,3-4,13-16H2,1-2H3,(H,24,28). The second-order valence-electron chi connectivity index (χ2n) is 6.93. The van der Waals surface area contributed by atoms with E-state index in [4.69, 9.17) is 0 Å². The molecule has 2 aromatic carbocycles. The van der Waals surface area contributed by atoms with E-state index in [1.54, 1.807) is 17.0 Å². The number of nitrogens with one attached hydrogen (secondary N) is 1. The Morgan fingerprint density at radius 2 is 1.52 bits per heavy atom. The zero-order valence-corrected chi connectivity index (χ0v) is 16.9. The topological polar surface area (TPSA) is 55.9 Å². The van der Waals surface area contributed by atoms with Crippen LogP contribution < -0.4 is 15.1 Å². The molecule has 0 aromatic heterocycles. The van der Waals surface area contributed by atoms with Gasteiger partial charge in [-0.3, -0.25) is 9.59 Å². The Kier molecular flexibility index (Phi) is 6.69. The molecule has 0 unspecified atom stereocenters. The first-order chi connectivity index (χ1) is 14.0. The number of carbonyl (C=O) groups excluding carboxylic acids is 2. The van der Waals surface area contributed by atoms with Gasteiger partial charge in [0.25, 0.3) is 0 Å². The van der Waals surface area contributed by atoms with E-state index in [1.807, 2.05) is 24.3 Å². The van der Waals surface area contributed by atoms with Crippen LogP contribution in [0.1, 0.15) is 13.8 Å². The van der Waals surface area contributed by atoms with Gasteiger partial charge in [-0.15, -0.1) is 0 Å². The summed E-state index contributed by atoms with van der Waals surface area (Å²) in [5.74, 6) is -1.43. The van der Waals surface area contributed by atoms with Crippen LogP contribution in [0.5, 0.6) is 0 Å². The second-order valence-corrected chi connectivity index (χ2v) is 6.93. The zero-order valence-electron chi connectivity index (χ0n) is 16.9. The molecule has 1 fully saturated rings. The Morgan fingerprint density at radius 1 is 0.931 bits per heavy atom. The molecule has 0 bridgehead atoms. The first-order valence-corrected chi connectivity index (χ1v) is 9.97. The first-order valence-electron chi connectivity index (χ1n) is 9.97. The Morgan fingerprint density at radius 3 is 2.07 bits per heavy atom. The summed E-state index contributed by atoms with van der Waals surface area (Å²) < 4.78 is 13.1. The van der Waals surface area contributed by atoms with Crippen LogP contribution in [0.25, 0.3) is 0 Å². The van der Waals surface area contributed by atoms with E-state index in [1.165, 1.54) is 12.1 Å². The van der Waals surface area contributed by atoms with E-state index in [2.05, 4.69) is 29.0 Å². The molecule has 2 aromatic rings. The van der Waals surface area contributed by atoms with Crippen LogP contribution in [0.4, 0.5) is 21.5 Å². The minimum absolute atomic E-state index is 0.274. The number of hydrogen-bond donors (Lipinski definition) is 1. The number of hydrogen-bond acceptors (Lipinski definition) is 4. The molecule has 0 spiro atoms. The average molecular weight is 398 g/mol. The van der Waals surface area contributed by atoms with Crippen LogP contribution in [0.3, 0.4) is 0 Å². The van der Waals surface area contributed by atoms with E-state index in [-0.39, 0.29) is 5.82 Å². The highest BCUT2D eigenvalue weighted by atomic mass is 19.1. The predicted molar refractivity (Wildman–Crippen MR) is 114 cm³/mol. The molecule has 0 aliphatic carbocycles. The Balaban J connectivity index is 1.53. The molecule has 1 heterocycles. The van der Waals surface area contributed by atoms with E-state index >= 15 is 0 Å². The number of benzene rings is 2. The molecule has 7 heteroatoms. The number of anilines is 3. The number of rotatable bonds is 5. The molecule has 154 valence electrons. The highest BCUT2D eigenvalue weighted by Gasteiger charge is 2.26. The van der Waals surface area contributed by atoms with Crippen molar-refractivity contribution in [1.29, 1.82) is 0 Å². The summed E-state index contributed by atoms with van der Waals surface area (Å²) in [5, 5.41) is 2.69. The van der Waals surface area contributed by atoms with Crippen molar-refractivity contribution in [2.24, 2.45) is 0 Å². The quantitative estimate of drug-likeness (QED) is 0.787. The normalized spacial score (nSPS) is 13.9. The third-order valence-electron chi connectivity index (χ3n) is 5.21. The van der Waals surface area contributed by atoms with Crippen molar-refractivity contribution >= 4 is 28.9 Å². The molecule has 1 N–H and O–H groups in total. The predicted octanol–water partition coefficient (Wildman–Crippen LogP) is 2.96. The van der Waals surface area contributed by atoms with E-state index < -0.39 is 11.8 Å². The van der Waals surface area contributed by atoms with E-state index in [0.29, 0.717) is 31.9 Å². The van der Waals surface area contributed by atoms with Gasteiger partial charge in [0.2, 0.25) is 0 Å². The molecule has 2 amide bonds. The summed E-state index contributed by atoms with van der Waals surface area (Å²) in [6.45, 7) is 8.10. The molecular formula is C22H27FN4O2. The van der Waals surface area contributed by atoms with E-state index in [0.717, 1.165) is 24.5 Å². The lowest BCUT2D eigenvalue weighted by atomic mass is 10.2. The van der Waals surface area contributed by atoms with Crippen molar-refractivity contribution < 1.29 is 14.0 Å². The summed E-state index contributed by atoms with van der Waals surface area (Å²) >= 11 is 0. The first kappa shape index (κ1) is 20.6. The largest absolute Gasteiger partial charge is 0.372 e. The average Bonchev–Trinajstić information content (AvgIpc) is 2.76. The fourth-order valence-electron chi connectivity index (χ4n) is 3.49. The van der Waals surface area contributed by atoms with Gasteiger partial charge in [0, 0.05) is 56.3 Å². The van der Waals surface area contributed by atoms with Gasteiger partial charge in [-0.1, -0.05) is 0 Å². The van der Waals surface area contributed by atoms with Crippen molar-refractivity contribution in [3.63, 3.8) is 0 Å². The Hall–Kier alpha value is -3.09. The SMILES string of the molecule is CCN(CC)c1ccc(NC(=O)C(=O)N2CCN(c3ccc(F)cc3)CC2)cc1. The Bertz CT molecular complexity index is 827. The fourth-order valence-corrected chi connectivity index (χ4v) is 3.49. The number of piperazine rings is 1. The molecule has 6 nitrogen and oxygen atoms in total. The monoisotopic (exact) mass is 398 g/mol. The molecule has 0 radical (unpaired) electrons. The number of amides is 2. The fraction of sp³-hybridized carbons (Fsp3) is 0.364. The van der Waals surface area contributed by atoms with Crippen LogP contribution in [0.15, 0.2) is 48.5 Å². The lowest BCUT2D eigenvalue weighted by molar-refractivity contribution is -0.143. The van der Waals surface area contributed by atoms with Gasteiger partial charge < -0.3 is 20.0 Å². The molecule has 0 saturated carbocycles. The third-order valence-corrected chi connectivity index (χ3v) is 5.21. The summed E-state index contributed by atoms with van der Waals surface area (Å²) in [5.41, 5.74) is 2.59. The molecule has 1 saturated heterocycles. The summed E-state index contributed by atoms with van der Waals surface area (Å²) in [4.78, 5) is 30.7. The van der Waals surface area contributed by atoms with E-state index in [9.17, 15) is 14.0 Å². The minimum Gasteiger partial charge on any atom is -0.372 e. The van der Waals surface area contributed by atoms with Crippen molar-refractivity contribution in [1.82, 2.24) is 4.90 Å². The maximum atomic E-state index is 13.1. The molecule has 1 aliphatic rings. The maximum Gasteiger partial charge on any atom is 0.313 e. The third kappa shape index (κ3) is 5.04. The summed E-state index contributed by atoms with van der Waals surface area (Å²) in [7, 11) is 0. The van der Waals surface area contributed by atoms with Gasteiger partial charge in [-0.05, 0) is 62.4 Å². The van der Waals surface area contributed by atoms with Crippen LogP contribution in [-0.2, 0) is 9.59 Å². The van der Waals surface area contributed by atoms with Crippen LogP contribution in [0, 0.1) is 5.82 Å². The van der Waals surface area contributed by atoms with Gasteiger partial charge in [-0.2, -0.15) is 0 Å². The highest BCUT2D eigenvalue weighted by Crippen LogP contribution is 2.19. The molecular weight excluding hydrogens is 371 g/mol. The lowest BCUT2D eigenvalue weighted by Crippen LogP contribution is -2.51. The van der Waals surface area contributed by atoms with Crippen LogP contribution >= 0.6 is 0 Å². The minimum atomic E-state index is -0.629. The van der Waals surface area contributed by atoms with Crippen molar-refractivity contribution in [3.8, 4) is 0 Å². The van der Waals surface area contributed by atoms with Gasteiger partial charge in [0.1, 0.15) is 5.82 Å². The molecule has 29 heavy (non-hydrogen) atoms. The second kappa shape index (κ2) is 9.41. The van der Waals surface area contributed by atoms with Gasteiger partial charge in [0.15, 0.2) is 0 Å².